The molecule has 2 aromatic carbocycles. The molecule has 0 aliphatic carbocycles. The van der Waals surface area contributed by atoms with E-state index >= 15 is 0 Å². The molecule has 216 valence electrons. The Balaban J connectivity index is 1.92. The standard InChI is InChI=1S/C31H38F2N6OSi/c1-6-38(7-2)17-9-16-34-31-36-27(23-18-21(13-12-20(23)5)30(41)35-19(3)4)22-14-15-26(40)39(29(22)37-31)28-24(32)10-8-11-25(28)33/h8,10-15,18-19,35H,6-7,9,16-17,41H2,1-5H3,(H,34,36,37). The van der Waals surface area contributed by atoms with Crippen LogP contribution in [-0.4, -0.2) is 66.8 Å². The minimum Gasteiger partial charge on any atom is -0.387 e. The zero-order valence-electron chi connectivity index (χ0n) is 24.4. The second-order valence-corrected chi connectivity index (χ2v) is 11.0. The number of nitrogens with zero attached hydrogens (tertiary/aromatic N) is 4. The molecule has 4 rings (SSSR count). The fourth-order valence-corrected chi connectivity index (χ4v) is 5.49. The van der Waals surface area contributed by atoms with E-state index in [1.807, 2.05) is 13.0 Å². The van der Waals surface area contributed by atoms with Crippen molar-refractivity contribution in [3.05, 3.63) is 81.6 Å². The van der Waals surface area contributed by atoms with Crippen molar-refractivity contribution in [2.75, 3.05) is 31.5 Å². The fourth-order valence-electron chi connectivity index (χ4n) is 4.86. The molecule has 2 N–H and O–H groups in total. The van der Waals surface area contributed by atoms with Crippen LogP contribution in [0, 0.1) is 18.6 Å². The van der Waals surface area contributed by atoms with Crippen molar-refractivity contribution in [2.45, 2.75) is 47.1 Å². The number of fused-ring (bicyclic) bond motifs is 1. The maximum absolute atomic E-state index is 15.0. The lowest BCUT2D eigenvalue weighted by atomic mass is 9.99. The highest BCUT2D eigenvalue weighted by molar-refractivity contribution is 6.42. The number of benzene rings is 2. The lowest BCUT2D eigenvalue weighted by molar-refractivity contribution is 0.303. The van der Waals surface area contributed by atoms with Crippen LogP contribution >= 0.6 is 0 Å². The summed E-state index contributed by atoms with van der Waals surface area (Å²) in [6.45, 7) is 13.8. The summed E-state index contributed by atoms with van der Waals surface area (Å²) in [5.74, 6) is -1.41. The highest BCUT2D eigenvalue weighted by atomic mass is 28.1. The van der Waals surface area contributed by atoms with Gasteiger partial charge < -0.3 is 15.5 Å². The van der Waals surface area contributed by atoms with Crippen molar-refractivity contribution in [1.29, 1.82) is 0 Å². The molecule has 7 nitrogen and oxygen atoms in total. The SMILES string of the molecule is CCN(CC)CCCNc1nc(-c2cc(C(=[SiH2])NC(C)C)ccc2C)c2ccc(=O)n(-c3c(F)cccc3F)c2n1. The van der Waals surface area contributed by atoms with E-state index in [1.54, 1.807) is 15.9 Å². The zero-order valence-corrected chi connectivity index (χ0v) is 25.8. The first-order chi connectivity index (χ1) is 19.6. The molecule has 10 heteroatoms. The average molecular weight is 577 g/mol. The molecule has 0 aliphatic heterocycles. The lowest BCUT2D eigenvalue weighted by Crippen LogP contribution is -2.31. The van der Waals surface area contributed by atoms with Gasteiger partial charge in [0.05, 0.1) is 5.69 Å². The summed E-state index contributed by atoms with van der Waals surface area (Å²) in [5, 5.41) is 8.31. The van der Waals surface area contributed by atoms with Gasteiger partial charge in [-0.15, -0.1) is 0 Å². The third-order valence-corrected chi connectivity index (χ3v) is 7.66. The van der Waals surface area contributed by atoms with Crippen LogP contribution in [0.3, 0.4) is 0 Å². The van der Waals surface area contributed by atoms with Crippen LogP contribution in [0.1, 0.15) is 45.2 Å². The molecule has 2 heterocycles. The van der Waals surface area contributed by atoms with E-state index in [9.17, 15) is 13.6 Å². The summed E-state index contributed by atoms with van der Waals surface area (Å²) in [5.41, 5.74) is 2.48. The monoisotopic (exact) mass is 576 g/mol. The van der Waals surface area contributed by atoms with E-state index in [2.05, 4.69) is 60.3 Å². The molecule has 0 spiro atoms. The number of halogens is 2. The Kier molecular flexibility index (Phi) is 9.77. The summed E-state index contributed by atoms with van der Waals surface area (Å²) in [6, 6.07) is 12.9. The predicted octanol–water partition coefficient (Wildman–Crippen LogP) is 4.29. The maximum atomic E-state index is 15.0. The topological polar surface area (TPSA) is 75.1 Å². The lowest BCUT2D eigenvalue weighted by Gasteiger charge is -2.19. The normalized spacial score (nSPS) is 11.4. The Hall–Kier alpha value is -3.76. The summed E-state index contributed by atoms with van der Waals surface area (Å²) in [7, 11) is 1.78. The molecule has 0 saturated heterocycles. The smallest absolute Gasteiger partial charge is 0.256 e. The third kappa shape index (κ3) is 6.77. The summed E-state index contributed by atoms with van der Waals surface area (Å²) < 4.78 is 31.0. The molecule has 0 saturated carbocycles. The molecule has 0 fully saturated rings. The Morgan fingerprint density at radius 2 is 1.76 bits per heavy atom. The van der Waals surface area contributed by atoms with Gasteiger partial charge in [0.1, 0.15) is 17.3 Å². The summed E-state index contributed by atoms with van der Waals surface area (Å²) in [6.07, 6.45) is 0.854. The van der Waals surface area contributed by atoms with Crippen molar-refractivity contribution in [3.8, 4) is 16.9 Å². The van der Waals surface area contributed by atoms with E-state index in [0.29, 0.717) is 17.6 Å². The number of anilines is 1. The number of para-hydroxylation sites is 1. The van der Waals surface area contributed by atoms with Crippen LogP contribution < -0.4 is 16.2 Å². The molecule has 0 amide bonds. The number of hydrogen-bond donors (Lipinski definition) is 2. The number of aryl methyl sites for hydroxylation is 1. The Bertz CT molecular complexity index is 1600. The molecule has 0 atom stereocenters. The van der Waals surface area contributed by atoms with Gasteiger partial charge in [-0.3, -0.25) is 9.36 Å². The molecule has 2 aromatic heterocycles. The van der Waals surface area contributed by atoms with Gasteiger partial charge in [-0.1, -0.05) is 32.0 Å². The molecule has 0 bridgehead atoms. The van der Waals surface area contributed by atoms with Gasteiger partial charge in [-0.05, 0) is 82.2 Å². The maximum Gasteiger partial charge on any atom is 0.256 e. The van der Waals surface area contributed by atoms with Crippen LogP contribution in [0.5, 0.6) is 0 Å². The molecule has 41 heavy (non-hydrogen) atoms. The van der Waals surface area contributed by atoms with E-state index in [4.69, 9.17) is 4.98 Å². The number of nitrogens with one attached hydrogen (secondary N) is 2. The Morgan fingerprint density at radius 1 is 1.05 bits per heavy atom. The van der Waals surface area contributed by atoms with Gasteiger partial charge in [-0.25, -0.2) is 13.8 Å². The molecule has 4 aromatic rings. The molecule has 0 aliphatic rings. The van der Waals surface area contributed by atoms with Gasteiger partial charge in [-0.2, -0.15) is 4.98 Å². The number of pyridine rings is 1. The van der Waals surface area contributed by atoms with Gasteiger partial charge in [0.25, 0.3) is 5.56 Å². The number of hydrogen-bond acceptors (Lipinski definition) is 6. The first-order valence-electron chi connectivity index (χ1n) is 14.1. The van der Waals surface area contributed by atoms with Gasteiger partial charge in [0, 0.05) is 44.8 Å². The van der Waals surface area contributed by atoms with E-state index in [-0.39, 0.29) is 17.6 Å². The quantitative estimate of drug-likeness (QED) is 0.194. The summed E-state index contributed by atoms with van der Waals surface area (Å²) >= 11 is 0. The van der Waals surface area contributed by atoms with Crippen LogP contribution in [-0.2, 0) is 0 Å². The van der Waals surface area contributed by atoms with Crippen LogP contribution in [0.2, 0.25) is 0 Å². The van der Waals surface area contributed by atoms with Gasteiger partial charge in [0.2, 0.25) is 5.95 Å². The fraction of sp³-hybridized carbons (Fsp3) is 0.355. The van der Waals surface area contributed by atoms with Crippen LogP contribution in [0.25, 0.3) is 28.0 Å². The van der Waals surface area contributed by atoms with E-state index in [0.717, 1.165) is 64.7 Å². The largest absolute Gasteiger partial charge is 0.387 e. The van der Waals surface area contributed by atoms with Crippen molar-refractivity contribution >= 4 is 32.1 Å². The Morgan fingerprint density at radius 3 is 2.41 bits per heavy atom. The predicted molar refractivity (Wildman–Crippen MR) is 167 cm³/mol. The molecular weight excluding hydrogens is 538 g/mol. The molecule has 0 radical (unpaired) electrons. The highest BCUT2D eigenvalue weighted by Gasteiger charge is 2.20. The first-order valence-corrected chi connectivity index (χ1v) is 14.8. The van der Waals surface area contributed by atoms with Gasteiger partial charge in [0.15, 0.2) is 5.65 Å². The highest BCUT2D eigenvalue weighted by Crippen LogP contribution is 2.31. The van der Waals surface area contributed by atoms with Gasteiger partial charge >= 0.3 is 0 Å². The Labute approximate surface area is 242 Å². The van der Waals surface area contributed by atoms with E-state index in [1.165, 1.54) is 12.1 Å². The first kappa shape index (κ1) is 30.2. The molecule has 0 unspecified atom stereocenters. The second kappa shape index (κ2) is 13.3. The average Bonchev–Trinajstić information content (AvgIpc) is 2.93. The second-order valence-electron chi connectivity index (χ2n) is 10.3. The minimum absolute atomic E-state index is 0.130. The summed E-state index contributed by atoms with van der Waals surface area (Å²) in [4.78, 5) is 25.0. The van der Waals surface area contributed by atoms with Crippen LogP contribution in [0.15, 0.2) is 53.3 Å². The van der Waals surface area contributed by atoms with Crippen molar-refractivity contribution < 1.29 is 8.78 Å². The zero-order chi connectivity index (χ0) is 29.7. The van der Waals surface area contributed by atoms with E-state index < -0.39 is 22.9 Å². The molecular formula is C31H38F2N6OSi. The van der Waals surface area contributed by atoms with Crippen molar-refractivity contribution in [2.24, 2.45) is 0 Å². The minimum atomic E-state index is -0.849. The van der Waals surface area contributed by atoms with Crippen LogP contribution in [0.4, 0.5) is 14.7 Å². The number of aromatic nitrogens is 3. The third-order valence-electron chi connectivity index (χ3n) is 7.04. The van der Waals surface area contributed by atoms with Crippen molar-refractivity contribution in [3.63, 3.8) is 0 Å². The van der Waals surface area contributed by atoms with Crippen molar-refractivity contribution in [1.82, 2.24) is 24.8 Å². The number of rotatable bonds is 12.